The summed E-state index contributed by atoms with van der Waals surface area (Å²) in [5.41, 5.74) is 3.63. The highest BCUT2D eigenvalue weighted by atomic mass is 15.7. The lowest BCUT2D eigenvalue weighted by Crippen LogP contribution is -2.14. The van der Waals surface area contributed by atoms with Crippen LogP contribution in [0.3, 0.4) is 0 Å². The first-order chi connectivity index (χ1) is 8.79. The smallest absolute Gasteiger partial charge is 0.0487 e. The van der Waals surface area contributed by atoms with E-state index in [1.165, 1.54) is 51.8 Å². The van der Waals surface area contributed by atoms with Gasteiger partial charge >= 0.3 is 0 Å². The van der Waals surface area contributed by atoms with Crippen LogP contribution >= 0.6 is 0 Å². The zero-order valence-electron chi connectivity index (χ0n) is 11.7. The molecule has 104 valence electrons. The summed E-state index contributed by atoms with van der Waals surface area (Å²) in [6, 6.07) is 0. The molecule has 11 fully saturated rings. The van der Waals surface area contributed by atoms with E-state index in [0.29, 0.717) is 0 Å². The number of rotatable bonds is 0. The van der Waals surface area contributed by atoms with Gasteiger partial charge in [0.25, 0.3) is 0 Å². The second-order valence-electron chi connectivity index (χ2n) is 7.26. The van der Waals surface area contributed by atoms with Crippen LogP contribution in [-0.4, -0.2) is 14.1 Å². The summed E-state index contributed by atoms with van der Waals surface area (Å²) in [6.45, 7) is 4.00. The van der Waals surface area contributed by atoms with E-state index in [4.69, 9.17) is 0 Å². The van der Waals surface area contributed by atoms with Gasteiger partial charge in [-0.3, -0.25) is 0 Å². The molecule has 11 aliphatic rings. The van der Waals surface area contributed by atoms with Crippen LogP contribution in [0.5, 0.6) is 0 Å². The molecule has 0 atom stereocenters. The van der Waals surface area contributed by atoms with Crippen molar-refractivity contribution in [2.24, 2.45) is 62.0 Å². The Morgan fingerprint density at radius 2 is 1.11 bits per heavy atom. The number of hydrogen-bond acceptors (Lipinski definition) is 2. The molecule has 0 aliphatic heterocycles. The Balaban J connectivity index is 0.0000000679. The van der Waals surface area contributed by atoms with Crippen LogP contribution in [0.2, 0.25) is 0 Å². The molecule has 0 amide bonds. The van der Waals surface area contributed by atoms with E-state index >= 15 is 0 Å². The van der Waals surface area contributed by atoms with Crippen molar-refractivity contribution in [1.82, 2.24) is 0 Å². The molecule has 2 nitrogen and oxygen atoms in total. The van der Waals surface area contributed by atoms with Crippen molar-refractivity contribution in [2.45, 2.75) is 27.7 Å². The Morgan fingerprint density at radius 3 is 1.11 bits per heavy atom. The first-order valence-electron chi connectivity index (χ1n) is 7.55. The molecular formula is C17H26N2. The van der Waals surface area contributed by atoms with Crippen molar-refractivity contribution in [2.75, 3.05) is 14.1 Å². The largest absolute Gasteiger partial charge is 0.198 e. The lowest BCUT2D eigenvalue weighted by atomic mass is 9.83. The quantitative estimate of drug-likeness (QED) is 0.463. The first-order valence-corrected chi connectivity index (χ1v) is 7.55. The maximum atomic E-state index is 3.36. The minimum Gasteiger partial charge on any atom is -0.198 e. The van der Waals surface area contributed by atoms with Crippen molar-refractivity contribution >= 4 is 0 Å². The molecule has 11 rings (SSSR count). The van der Waals surface area contributed by atoms with Gasteiger partial charge in [-0.05, 0) is 72.0 Å². The third kappa shape index (κ3) is 0.825. The monoisotopic (exact) mass is 258 g/mol. The summed E-state index contributed by atoms with van der Waals surface area (Å²) in [5.74, 6) is 8.00. The average Bonchev–Trinajstić information content (AvgIpc) is 3.12. The highest BCUT2D eigenvalue weighted by Gasteiger charge is 3.63. The molecule has 0 radical (unpaired) electrons. The number of nitrogens with zero attached hydrogens (tertiary/aromatic N) is 2. The van der Waals surface area contributed by atoms with Crippen LogP contribution in [0, 0.1) is 51.8 Å². The lowest BCUT2D eigenvalue weighted by molar-refractivity contribution is 0.273. The predicted octanol–water partition coefficient (Wildman–Crippen LogP) is 4.04. The van der Waals surface area contributed by atoms with Crippen molar-refractivity contribution in [3.8, 4) is 0 Å². The summed E-state index contributed by atoms with van der Waals surface area (Å²) < 4.78 is 0. The molecule has 0 heterocycles. The molecule has 11 aliphatic carbocycles. The van der Waals surface area contributed by atoms with Crippen molar-refractivity contribution < 1.29 is 0 Å². The van der Waals surface area contributed by atoms with E-state index in [9.17, 15) is 0 Å². The van der Waals surface area contributed by atoms with E-state index < -0.39 is 0 Å². The molecule has 19 heavy (non-hydrogen) atoms. The zero-order chi connectivity index (χ0) is 12.5. The molecule has 3 spiro atoms. The summed E-state index contributed by atoms with van der Waals surface area (Å²) in [4.78, 5) is 0. The van der Waals surface area contributed by atoms with Gasteiger partial charge in [0.05, 0.1) is 0 Å². The predicted molar refractivity (Wildman–Crippen MR) is 76.8 cm³/mol. The van der Waals surface area contributed by atoms with Crippen LogP contribution in [-0.2, 0) is 0 Å². The number of hydrogen-bond donors (Lipinski definition) is 0. The highest BCUT2D eigenvalue weighted by molar-refractivity contribution is 6.08. The molecule has 0 saturated heterocycles. The number of azo groups is 1. The Hall–Kier alpha value is -0.660. The standard InChI is InChI=1S/C5H2.C5H6.C4H8.C2H6N2.CH4/c1-3-2-4(1,3)5(1,2)3;1-2-4-3(1)5(2)4;2*1-3-4-2;/h1-2H;2-5H,1H2;3-4H,1-2H3;1-2H3;1H4. The molecule has 2 bridgehead atoms. The molecule has 0 unspecified atom stereocenters. The van der Waals surface area contributed by atoms with Crippen molar-refractivity contribution in [1.29, 1.82) is 0 Å². The van der Waals surface area contributed by atoms with Gasteiger partial charge in [0, 0.05) is 14.1 Å². The van der Waals surface area contributed by atoms with E-state index in [-0.39, 0.29) is 7.43 Å². The van der Waals surface area contributed by atoms with Crippen molar-refractivity contribution in [3.05, 3.63) is 12.2 Å². The molecular weight excluding hydrogens is 232 g/mol. The van der Waals surface area contributed by atoms with Crippen LogP contribution in [0.25, 0.3) is 0 Å². The average molecular weight is 258 g/mol. The second-order valence-corrected chi connectivity index (χ2v) is 7.26. The normalized spacial score (nSPS) is 69.7. The fourth-order valence-electron chi connectivity index (χ4n) is 5.48. The van der Waals surface area contributed by atoms with Gasteiger partial charge in [-0.15, -0.1) is 0 Å². The molecule has 0 aromatic rings. The molecule has 11 saturated carbocycles. The maximum absolute atomic E-state index is 3.36. The van der Waals surface area contributed by atoms with Crippen LogP contribution < -0.4 is 0 Å². The Bertz CT molecular complexity index is 405. The van der Waals surface area contributed by atoms with Gasteiger partial charge in [-0.2, -0.15) is 10.2 Å². The fraction of sp³-hybridized carbons (Fsp3) is 0.882. The van der Waals surface area contributed by atoms with E-state index in [2.05, 4.69) is 10.2 Å². The van der Waals surface area contributed by atoms with Gasteiger partial charge in [-0.25, -0.2) is 0 Å². The van der Waals surface area contributed by atoms with Gasteiger partial charge in [0.15, 0.2) is 0 Å². The molecule has 0 aromatic carbocycles. The number of allylic oxidation sites excluding steroid dienone is 2. The SMILES string of the molecule is C.C12C34C5C13C254.C1C2C3C1C23.CC=CC.CN=NC. The van der Waals surface area contributed by atoms with Crippen molar-refractivity contribution in [3.63, 3.8) is 0 Å². The van der Waals surface area contributed by atoms with Crippen LogP contribution in [0.1, 0.15) is 27.7 Å². The fourth-order valence-corrected chi connectivity index (χ4v) is 5.48. The molecule has 0 aromatic heterocycles. The van der Waals surface area contributed by atoms with Crippen LogP contribution in [0.15, 0.2) is 22.4 Å². The van der Waals surface area contributed by atoms with Gasteiger partial charge in [0.1, 0.15) is 0 Å². The topological polar surface area (TPSA) is 24.7 Å². The summed E-state index contributed by atoms with van der Waals surface area (Å²) in [5, 5.41) is 6.72. The zero-order valence-corrected chi connectivity index (χ0v) is 11.7. The summed E-state index contributed by atoms with van der Waals surface area (Å²) in [6.07, 6.45) is 5.62. The van der Waals surface area contributed by atoms with Crippen LogP contribution in [0.4, 0.5) is 0 Å². The van der Waals surface area contributed by atoms with E-state index in [0.717, 1.165) is 0 Å². The van der Waals surface area contributed by atoms with E-state index in [1.54, 1.807) is 20.5 Å². The molecule has 0 N–H and O–H groups in total. The third-order valence-electron chi connectivity index (χ3n) is 7.44. The second kappa shape index (κ2) is 2.84. The minimum absolute atomic E-state index is 0. The summed E-state index contributed by atoms with van der Waals surface area (Å²) >= 11 is 0. The van der Waals surface area contributed by atoms with E-state index in [1.807, 2.05) is 26.0 Å². The Morgan fingerprint density at radius 1 is 0.842 bits per heavy atom. The lowest BCUT2D eigenvalue weighted by Gasteiger charge is -2.21. The van der Waals surface area contributed by atoms with Gasteiger partial charge < -0.3 is 0 Å². The summed E-state index contributed by atoms with van der Waals surface area (Å²) in [7, 11) is 3.28. The highest BCUT2D eigenvalue weighted by Crippen LogP contribution is 3.65. The molecule has 2 heteroatoms. The first kappa shape index (κ1) is 12.1. The van der Waals surface area contributed by atoms with Gasteiger partial charge in [-0.1, -0.05) is 19.6 Å². The van der Waals surface area contributed by atoms with Gasteiger partial charge in [0.2, 0.25) is 0 Å². The third-order valence-corrected chi connectivity index (χ3v) is 7.44. The minimum atomic E-state index is 0. The maximum Gasteiger partial charge on any atom is 0.0487 e. The Kier molecular flexibility index (Phi) is 1.81. The Labute approximate surface area is 116 Å².